The zero-order valence-electron chi connectivity index (χ0n) is 22.0. The number of likely N-dealkylation sites (tertiary alicyclic amines) is 1. The molecule has 1 aliphatic heterocycles. The molecule has 2 aliphatic rings. The standard InChI is InChI=1S/C23H25F2N5O3S.C4H10/c1-12(20(32)29-22-28-16-7-13-3-2-4-14(13)8-19(16)34-22)30-6-5-23(24,25)15(10-30)17-9-26-21(33)18(11-31)27-17;1-3-4-2/h7-9,12,15,31H,2-6,10-11H2,1H3,(H,26,33)(H,28,29,32);3-4H2,1-2H3. The van der Waals surface area contributed by atoms with Crippen molar-refractivity contribution in [3.63, 3.8) is 0 Å². The Labute approximate surface area is 224 Å². The van der Waals surface area contributed by atoms with Gasteiger partial charge in [-0.1, -0.05) is 38.0 Å². The molecule has 1 saturated heterocycles. The average molecular weight is 548 g/mol. The number of halogens is 2. The number of anilines is 1. The van der Waals surface area contributed by atoms with Crippen LogP contribution < -0.4 is 10.9 Å². The number of amides is 1. The van der Waals surface area contributed by atoms with E-state index in [0.717, 1.165) is 35.7 Å². The lowest BCUT2D eigenvalue weighted by Crippen LogP contribution is -2.52. The summed E-state index contributed by atoms with van der Waals surface area (Å²) in [6, 6.07) is 3.56. The van der Waals surface area contributed by atoms with E-state index in [-0.39, 0.29) is 30.4 Å². The summed E-state index contributed by atoms with van der Waals surface area (Å²) in [5.41, 5.74) is 2.67. The van der Waals surface area contributed by atoms with Crippen LogP contribution in [0.25, 0.3) is 10.2 Å². The van der Waals surface area contributed by atoms with Crippen LogP contribution in [0, 0.1) is 0 Å². The van der Waals surface area contributed by atoms with E-state index in [2.05, 4.69) is 46.2 Å². The Balaban J connectivity index is 0.000000786. The molecule has 5 rings (SSSR count). The Morgan fingerprint density at radius 3 is 2.66 bits per heavy atom. The number of aromatic nitrogens is 3. The number of carbonyl (C=O) groups excluding carboxylic acids is 1. The molecular weight excluding hydrogens is 512 g/mol. The number of carbonyl (C=O) groups is 1. The molecule has 2 atom stereocenters. The monoisotopic (exact) mass is 547 g/mol. The lowest BCUT2D eigenvalue weighted by molar-refractivity contribution is -0.125. The van der Waals surface area contributed by atoms with Crippen LogP contribution in [0.3, 0.4) is 0 Å². The maximum absolute atomic E-state index is 14.8. The molecule has 206 valence electrons. The van der Waals surface area contributed by atoms with E-state index in [1.54, 1.807) is 11.8 Å². The van der Waals surface area contributed by atoms with Gasteiger partial charge in [-0.2, -0.15) is 0 Å². The minimum atomic E-state index is -3.06. The summed E-state index contributed by atoms with van der Waals surface area (Å²) in [7, 11) is 0. The third kappa shape index (κ3) is 6.10. The van der Waals surface area contributed by atoms with Gasteiger partial charge < -0.3 is 15.4 Å². The number of aryl methyl sites for hydroxylation is 2. The maximum Gasteiger partial charge on any atom is 0.272 e. The molecule has 0 saturated carbocycles. The summed E-state index contributed by atoms with van der Waals surface area (Å²) in [6.07, 6.45) is 6.61. The second kappa shape index (κ2) is 12.0. The largest absolute Gasteiger partial charge is 0.390 e. The first-order valence-electron chi connectivity index (χ1n) is 13.2. The first-order chi connectivity index (χ1) is 18.2. The molecule has 0 radical (unpaired) electrons. The number of aliphatic hydroxyl groups excluding tert-OH is 1. The number of hydrogen-bond donors (Lipinski definition) is 3. The third-order valence-electron chi connectivity index (χ3n) is 7.30. The number of alkyl halides is 2. The lowest BCUT2D eigenvalue weighted by Gasteiger charge is -2.40. The van der Waals surface area contributed by atoms with E-state index >= 15 is 0 Å². The number of fused-ring (bicyclic) bond motifs is 2. The molecular formula is C27H35F2N5O3S. The minimum absolute atomic E-state index is 0.00909. The molecule has 2 unspecified atom stereocenters. The first-order valence-corrected chi connectivity index (χ1v) is 14.0. The minimum Gasteiger partial charge on any atom is -0.390 e. The predicted molar refractivity (Wildman–Crippen MR) is 145 cm³/mol. The quantitative estimate of drug-likeness (QED) is 0.415. The van der Waals surface area contributed by atoms with Crippen molar-refractivity contribution in [2.75, 3.05) is 18.4 Å². The van der Waals surface area contributed by atoms with Gasteiger partial charge in [0, 0.05) is 25.7 Å². The van der Waals surface area contributed by atoms with E-state index in [1.165, 1.54) is 35.3 Å². The van der Waals surface area contributed by atoms with Crippen molar-refractivity contribution in [3.05, 3.63) is 51.2 Å². The molecule has 1 aliphatic carbocycles. The molecule has 1 aromatic carbocycles. The highest BCUT2D eigenvalue weighted by Gasteiger charge is 2.47. The van der Waals surface area contributed by atoms with Gasteiger partial charge in [-0.25, -0.2) is 18.7 Å². The molecule has 38 heavy (non-hydrogen) atoms. The summed E-state index contributed by atoms with van der Waals surface area (Å²) in [5, 5.41) is 12.6. The average Bonchev–Trinajstić information content (AvgIpc) is 3.52. The fourth-order valence-corrected chi connectivity index (χ4v) is 5.67. The molecule has 3 aromatic rings. The smallest absolute Gasteiger partial charge is 0.272 e. The van der Waals surface area contributed by atoms with E-state index in [1.807, 2.05) is 0 Å². The van der Waals surface area contributed by atoms with E-state index in [9.17, 15) is 23.5 Å². The number of benzene rings is 1. The number of unbranched alkanes of at least 4 members (excludes halogenated alkanes) is 1. The number of nitrogens with one attached hydrogen (secondary N) is 2. The fraction of sp³-hybridized carbons (Fsp3) is 0.556. The number of piperidine rings is 1. The Morgan fingerprint density at radius 1 is 1.26 bits per heavy atom. The molecule has 2 aromatic heterocycles. The summed E-state index contributed by atoms with van der Waals surface area (Å²) in [4.78, 5) is 37.2. The normalized spacial score (nSPS) is 19.5. The number of nitrogens with zero attached hydrogens (tertiary/aromatic N) is 3. The lowest BCUT2D eigenvalue weighted by atomic mass is 9.89. The van der Waals surface area contributed by atoms with Gasteiger partial charge in [0.1, 0.15) is 5.69 Å². The molecule has 0 spiro atoms. The van der Waals surface area contributed by atoms with Crippen LogP contribution >= 0.6 is 11.3 Å². The number of aliphatic hydroxyl groups is 1. The van der Waals surface area contributed by atoms with Crippen LogP contribution in [0.1, 0.15) is 74.9 Å². The number of hydrogen-bond acceptors (Lipinski definition) is 7. The van der Waals surface area contributed by atoms with Gasteiger partial charge in [-0.15, -0.1) is 0 Å². The number of rotatable bonds is 6. The second-order valence-electron chi connectivity index (χ2n) is 9.94. The van der Waals surface area contributed by atoms with Crippen LogP contribution in [-0.2, 0) is 24.2 Å². The van der Waals surface area contributed by atoms with Crippen molar-refractivity contribution in [1.82, 2.24) is 19.9 Å². The molecule has 11 heteroatoms. The zero-order valence-corrected chi connectivity index (χ0v) is 22.8. The van der Waals surface area contributed by atoms with Crippen molar-refractivity contribution < 1.29 is 18.7 Å². The van der Waals surface area contributed by atoms with Gasteiger partial charge in [0.15, 0.2) is 5.13 Å². The number of thiazole rings is 1. The highest BCUT2D eigenvalue weighted by atomic mass is 32.1. The van der Waals surface area contributed by atoms with Gasteiger partial charge in [-0.05, 0) is 49.4 Å². The Morgan fingerprint density at radius 2 is 1.97 bits per heavy atom. The van der Waals surface area contributed by atoms with Crippen LogP contribution in [-0.4, -0.2) is 55.9 Å². The molecule has 3 N–H and O–H groups in total. The van der Waals surface area contributed by atoms with Crippen LogP contribution in [0.4, 0.5) is 13.9 Å². The molecule has 1 fully saturated rings. The SMILES string of the molecule is CC(C(=O)Nc1nc2cc3c(cc2s1)CCC3)N1CCC(F)(F)C(c2c[nH]c(=O)c(CO)n2)C1.CCCC. The van der Waals surface area contributed by atoms with Crippen LogP contribution in [0.2, 0.25) is 0 Å². The van der Waals surface area contributed by atoms with Crippen LogP contribution in [0.5, 0.6) is 0 Å². The number of aromatic amines is 1. The van der Waals surface area contributed by atoms with E-state index in [4.69, 9.17) is 0 Å². The van der Waals surface area contributed by atoms with Gasteiger partial charge in [0.2, 0.25) is 5.91 Å². The summed E-state index contributed by atoms with van der Waals surface area (Å²) < 4.78 is 30.5. The predicted octanol–water partition coefficient (Wildman–Crippen LogP) is 4.62. The van der Waals surface area contributed by atoms with Crippen molar-refractivity contribution >= 4 is 32.6 Å². The molecule has 1 amide bonds. The van der Waals surface area contributed by atoms with Crippen molar-refractivity contribution in [2.24, 2.45) is 0 Å². The highest BCUT2D eigenvalue weighted by Crippen LogP contribution is 2.40. The van der Waals surface area contributed by atoms with Gasteiger partial charge in [0.25, 0.3) is 11.5 Å². The molecule has 8 nitrogen and oxygen atoms in total. The first kappa shape index (κ1) is 28.3. The summed E-state index contributed by atoms with van der Waals surface area (Å²) in [6.45, 7) is 5.32. The Bertz CT molecular complexity index is 1300. The summed E-state index contributed by atoms with van der Waals surface area (Å²) >= 11 is 1.41. The van der Waals surface area contributed by atoms with Crippen LogP contribution in [0.15, 0.2) is 23.1 Å². The van der Waals surface area contributed by atoms with Gasteiger partial charge in [-0.3, -0.25) is 14.5 Å². The highest BCUT2D eigenvalue weighted by molar-refractivity contribution is 7.22. The Hall–Kier alpha value is -2.76. The van der Waals surface area contributed by atoms with Crippen molar-refractivity contribution in [2.45, 2.75) is 83.8 Å². The van der Waals surface area contributed by atoms with E-state index < -0.39 is 36.5 Å². The third-order valence-corrected chi connectivity index (χ3v) is 8.24. The van der Waals surface area contributed by atoms with Crippen molar-refractivity contribution in [1.29, 1.82) is 0 Å². The van der Waals surface area contributed by atoms with Gasteiger partial charge >= 0.3 is 0 Å². The fourth-order valence-electron chi connectivity index (χ4n) is 4.76. The van der Waals surface area contributed by atoms with Crippen molar-refractivity contribution in [3.8, 4) is 0 Å². The topological polar surface area (TPSA) is 111 Å². The zero-order chi connectivity index (χ0) is 27.4. The van der Waals surface area contributed by atoms with E-state index in [0.29, 0.717) is 5.13 Å². The van der Waals surface area contributed by atoms with Gasteiger partial charge in [0.05, 0.1) is 34.5 Å². The maximum atomic E-state index is 14.8. The second-order valence-corrected chi connectivity index (χ2v) is 11.0. The number of H-pyrrole nitrogens is 1. The Kier molecular flexibility index (Phi) is 8.89. The summed E-state index contributed by atoms with van der Waals surface area (Å²) in [5.74, 6) is -4.69. The molecule has 0 bridgehead atoms. The molecule has 3 heterocycles.